The molecule has 0 amide bonds. The molecular weight excluding hydrogens is 292 g/mol. The van der Waals surface area contributed by atoms with Crippen molar-refractivity contribution in [1.29, 1.82) is 0 Å². The summed E-state index contributed by atoms with van der Waals surface area (Å²) >= 11 is 0. The molecular formula is C19H20O4. The van der Waals surface area contributed by atoms with Crippen LogP contribution in [0.25, 0.3) is 0 Å². The van der Waals surface area contributed by atoms with Crippen molar-refractivity contribution < 1.29 is 19.1 Å². The van der Waals surface area contributed by atoms with Gasteiger partial charge in [-0.1, -0.05) is 42.8 Å². The second-order valence-corrected chi connectivity index (χ2v) is 5.22. The van der Waals surface area contributed by atoms with E-state index in [4.69, 9.17) is 9.47 Å². The average Bonchev–Trinajstić information content (AvgIpc) is 2.59. The smallest absolute Gasteiger partial charge is 0.341 e. The van der Waals surface area contributed by atoms with Gasteiger partial charge >= 0.3 is 5.97 Å². The third kappa shape index (κ3) is 3.97. The molecule has 0 N–H and O–H groups in total. The summed E-state index contributed by atoms with van der Waals surface area (Å²) < 4.78 is 10.6. The number of hydrogen-bond donors (Lipinski definition) is 0. The predicted molar refractivity (Wildman–Crippen MR) is 87.9 cm³/mol. The first-order valence-electron chi connectivity index (χ1n) is 7.49. The summed E-state index contributed by atoms with van der Waals surface area (Å²) in [7, 11) is 1.31. The fourth-order valence-corrected chi connectivity index (χ4v) is 2.21. The molecule has 0 saturated heterocycles. The Morgan fingerprint density at radius 3 is 2.26 bits per heavy atom. The van der Waals surface area contributed by atoms with E-state index in [0.717, 1.165) is 11.1 Å². The van der Waals surface area contributed by atoms with E-state index >= 15 is 0 Å². The molecule has 0 saturated carbocycles. The van der Waals surface area contributed by atoms with Gasteiger partial charge in [0.15, 0.2) is 5.78 Å². The van der Waals surface area contributed by atoms with Gasteiger partial charge in [-0.2, -0.15) is 0 Å². The van der Waals surface area contributed by atoms with Crippen molar-refractivity contribution >= 4 is 11.8 Å². The number of aryl methyl sites for hydroxylation is 1. The van der Waals surface area contributed by atoms with Crippen molar-refractivity contribution in [2.45, 2.75) is 26.9 Å². The molecule has 2 aromatic carbocycles. The van der Waals surface area contributed by atoms with Gasteiger partial charge in [-0.05, 0) is 24.6 Å². The molecule has 2 aromatic rings. The molecule has 0 heterocycles. The van der Waals surface area contributed by atoms with Crippen molar-refractivity contribution in [2.24, 2.45) is 0 Å². The Bertz CT molecular complexity index is 668. The molecule has 0 spiro atoms. The standard InChI is InChI=1S/C19H20O4/c1-4-17(20)15-6-5-7-16(19(21)22-3)18(15)23-12-14-10-8-13(2)9-11-14/h5-11H,4,12H2,1-3H3. The van der Waals surface area contributed by atoms with E-state index in [-0.39, 0.29) is 23.7 Å². The maximum absolute atomic E-state index is 12.1. The van der Waals surface area contributed by atoms with Crippen LogP contribution in [0.4, 0.5) is 0 Å². The summed E-state index contributed by atoms with van der Waals surface area (Å²) in [5, 5.41) is 0. The molecule has 0 radical (unpaired) electrons. The van der Waals surface area contributed by atoms with Crippen LogP contribution < -0.4 is 4.74 Å². The van der Waals surface area contributed by atoms with Gasteiger partial charge in [0.2, 0.25) is 0 Å². The molecule has 120 valence electrons. The SMILES string of the molecule is CCC(=O)c1cccc(C(=O)OC)c1OCc1ccc(C)cc1. The van der Waals surface area contributed by atoms with Gasteiger partial charge in [-0.15, -0.1) is 0 Å². The van der Waals surface area contributed by atoms with Gasteiger partial charge < -0.3 is 9.47 Å². The van der Waals surface area contributed by atoms with Crippen molar-refractivity contribution in [1.82, 2.24) is 0 Å². The molecule has 0 fully saturated rings. The Labute approximate surface area is 136 Å². The van der Waals surface area contributed by atoms with E-state index in [2.05, 4.69) is 0 Å². The van der Waals surface area contributed by atoms with Gasteiger partial charge in [-0.25, -0.2) is 4.79 Å². The van der Waals surface area contributed by atoms with Crippen molar-refractivity contribution in [2.75, 3.05) is 7.11 Å². The molecule has 0 aliphatic heterocycles. The number of para-hydroxylation sites is 1. The molecule has 4 nitrogen and oxygen atoms in total. The summed E-state index contributed by atoms with van der Waals surface area (Å²) in [6.45, 7) is 4.06. The summed E-state index contributed by atoms with van der Waals surface area (Å²) in [4.78, 5) is 24.1. The molecule has 0 aliphatic rings. The molecule has 0 unspecified atom stereocenters. The topological polar surface area (TPSA) is 52.6 Å². The van der Waals surface area contributed by atoms with Crippen LogP contribution in [0.5, 0.6) is 5.75 Å². The van der Waals surface area contributed by atoms with Crippen LogP contribution in [0.15, 0.2) is 42.5 Å². The fraction of sp³-hybridized carbons (Fsp3) is 0.263. The molecule has 0 atom stereocenters. The molecule has 4 heteroatoms. The highest BCUT2D eigenvalue weighted by Gasteiger charge is 2.20. The summed E-state index contributed by atoms with van der Waals surface area (Å²) in [6, 6.07) is 12.8. The second kappa shape index (κ2) is 7.58. The van der Waals surface area contributed by atoms with Crippen LogP contribution in [-0.2, 0) is 11.3 Å². The monoisotopic (exact) mass is 312 g/mol. The first-order chi connectivity index (χ1) is 11.1. The number of hydrogen-bond acceptors (Lipinski definition) is 4. The maximum atomic E-state index is 12.1. The number of Topliss-reactive ketones (excluding diaryl/α,β-unsaturated/α-hetero) is 1. The number of rotatable bonds is 6. The highest BCUT2D eigenvalue weighted by molar-refractivity contribution is 6.03. The Balaban J connectivity index is 2.35. The molecule has 0 bridgehead atoms. The van der Waals surface area contributed by atoms with E-state index in [0.29, 0.717) is 12.0 Å². The van der Waals surface area contributed by atoms with Crippen molar-refractivity contribution in [3.8, 4) is 5.75 Å². The number of carbonyl (C=O) groups excluding carboxylic acids is 2. The van der Waals surface area contributed by atoms with Crippen molar-refractivity contribution in [3.63, 3.8) is 0 Å². The first-order valence-corrected chi connectivity index (χ1v) is 7.49. The quantitative estimate of drug-likeness (QED) is 0.598. The van der Waals surface area contributed by atoms with Crippen LogP contribution in [0.1, 0.15) is 45.2 Å². The van der Waals surface area contributed by atoms with Gasteiger partial charge in [0.05, 0.1) is 12.7 Å². The third-order valence-corrected chi connectivity index (χ3v) is 3.55. The zero-order valence-corrected chi connectivity index (χ0v) is 13.6. The van der Waals surface area contributed by atoms with E-state index < -0.39 is 5.97 Å². The number of carbonyl (C=O) groups is 2. The largest absolute Gasteiger partial charge is 0.487 e. The Kier molecular flexibility index (Phi) is 5.52. The number of methoxy groups -OCH3 is 1. The summed E-state index contributed by atoms with van der Waals surface area (Å²) in [5.41, 5.74) is 2.79. The summed E-state index contributed by atoms with van der Waals surface area (Å²) in [5.74, 6) is -0.309. The van der Waals surface area contributed by atoms with E-state index in [9.17, 15) is 9.59 Å². The van der Waals surface area contributed by atoms with Crippen LogP contribution in [0.2, 0.25) is 0 Å². The van der Waals surface area contributed by atoms with Crippen LogP contribution in [-0.4, -0.2) is 18.9 Å². The maximum Gasteiger partial charge on any atom is 0.341 e. The number of benzene rings is 2. The lowest BCUT2D eigenvalue weighted by Crippen LogP contribution is -2.10. The molecule has 0 aromatic heterocycles. The molecule has 2 rings (SSSR count). The number of ether oxygens (including phenoxy) is 2. The Morgan fingerprint density at radius 1 is 1.00 bits per heavy atom. The highest BCUT2D eigenvalue weighted by Crippen LogP contribution is 2.27. The van der Waals surface area contributed by atoms with Crippen LogP contribution in [0, 0.1) is 6.92 Å². The van der Waals surface area contributed by atoms with E-state index in [1.807, 2.05) is 31.2 Å². The lowest BCUT2D eigenvalue weighted by molar-refractivity contribution is 0.0595. The van der Waals surface area contributed by atoms with Gasteiger partial charge in [0.25, 0.3) is 0 Å². The fourth-order valence-electron chi connectivity index (χ4n) is 2.21. The zero-order chi connectivity index (χ0) is 16.8. The zero-order valence-electron chi connectivity index (χ0n) is 13.6. The highest BCUT2D eigenvalue weighted by atomic mass is 16.5. The molecule has 23 heavy (non-hydrogen) atoms. The minimum atomic E-state index is -0.519. The lowest BCUT2D eigenvalue weighted by atomic mass is 10.0. The minimum absolute atomic E-state index is 0.0744. The van der Waals surface area contributed by atoms with E-state index in [1.165, 1.54) is 7.11 Å². The van der Waals surface area contributed by atoms with Crippen LogP contribution >= 0.6 is 0 Å². The van der Waals surface area contributed by atoms with Crippen LogP contribution in [0.3, 0.4) is 0 Å². The van der Waals surface area contributed by atoms with Crippen molar-refractivity contribution in [3.05, 3.63) is 64.7 Å². The van der Waals surface area contributed by atoms with E-state index in [1.54, 1.807) is 25.1 Å². The minimum Gasteiger partial charge on any atom is -0.487 e. The molecule has 0 aliphatic carbocycles. The lowest BCUT2D eigenvalue weighted by Gasteiger charge is -2.14. The average molecular weight is 312 g/mol. The van der Waals surface area contributed by atoms with Gasteiger partial charge in [0.1, 0.15) is 17.9 Å². The third-order valence-electron chi connectivity index (χ3n) is 3.55. The van der Waals surface area contributed by atoms with Gasteiger partial charge in [-0.3, -0.25) is 4.79 Å². The Morgan fingerprint density at radius 2 is 1.65 bits per heavy atom. The summed E-state index contributed by atoms with van der Waals surface area (Å²) in [6.07, 6.45) is 0.339. The number of esters is 1. The predicted octanol–water partition coefficient (Wildman–Crippen LogP) is 3.95. The normalized spacial score (nSPS) is 10.2. The Hall–Kier alpha value is -2.62. The van der Waals surface area contributed by atoms with Gasteiger partial charge in [0, 0.05) is 6.42 Å². The number of ketones is 1. The first kappa shape index (κ1) is 16.7. The second-order valence-electron chi connectivity index (χ2n) is 5.22.